The molecule has 0 atom stereocenters. The Morgan fingerprint density at radius 2 is 1.85 bits per heavy atom. The first-order valence-corrected chi connectivity index (χ1v) is 6.94. The lowest BCUT2D eigenvalue weighted by Gasteiger charge is -2.15. The van der Waals surface area contributed by atoms with Gasteiger partial charge in [0, 0.05) is 0 Å². The van der Waals surface area contributed by atoms with Crippen LogP contribution in [0.25, 0.3) is 0 Å². The van der Waals surface area contributed by atoms with Gasteiger partial charge in [0.1, 0.15) is 23.0 Å². The predicted molar refractivity (Wildman–Crippen MR) is 80.8 cm³/mol. The molecule has 0 spiro atoms. The summed E-state index contributed by atoms with van der Waals surface area (Å²) < 4.78 is 24.8. The van der Waals surface area contributed by atoms with Gasteiger partial charge < -0.3 is 15.2 Å². The topological polar surface area (TPSA) is 44.5 Å². The molecule has 0 heterocycles. The molecule has 5 heteroatoms. The Kier molecular flexibility index (Phi) is 4.49. The van der Waals surface area contributed by atoms with E-state index in [1.165, 1.54) is 12.1 Å². The largest absolute Gasteiger partial charge is 0.489 e. The Bertz CT molecular complexity index is 617. The van der Waals surface area contributed by atoms with Gasteiger partial charge in [0.05, 0.1) is 10.6 Å². The molecule has 2 aromatic carbocycles. The van der Waals surface area contributed by atoms with Crippen molar-refractivity contribution in [3.05, 3.63) is 46.7 Å². The number of hydrogen-bond acceptors (Lipinski definition) is 3. The molecule has 0 aliphatic heterocycles. The number of anilines is 1. The quantitative estimate of drug-likeness (QED) is 0.817. The summed E-state index contributed by atoms with van der Waals surface area (Å²) in [4.78, 5) is 0. The van der Waals surface area contributed by atoms with Crippen LogP contribution in [-0.2, 0) is 0 Å². The Morgan fingerprint density at radius 1 is 1.15 bits per heavy atom. The fourth-order valence-corrected chi connectivity index (χ4v) is 1.99. The summed E-state index contributed by atoms with van der Waals surface area (Å²) in [5, 5.41) is 0. The van der Waals surface area contributed by atoms with Crippen molar-refractivity contribution in [3.8, 4) is 17.2 Å². The second kappa shape index (κ2) is 6.13. The Labute approximate surface area is 125 Å². The molecular formula is C15H15BrFNO2. The standard InChI is InChI=1S/C15H15BrFNO2/c1-9(2)19-13-4-3-5-14(15(13)18)20-10-6-7-12(17)11(16)8-10/h3-9H,18H2,1-2H3. The van der Waals surface area contributed by atoms with Crippen molar-refractivity contribution in [1.82, 2.24) is 0 Å². The van der Waals surface area contributed by atoms with Gasteiger partial charge in [-0.1, -0.05) is 6.07 Å². The fraction of sp³-hybridized carbons (Fsp3) is 0.200. The van der Waals surface area contributed by atoms with Gasteiger partial charge in [-0.25, -0.2) is 4.39 Å². The molecule has 2 rings (SSSR count). The monoisotopic (exact) mass is 339 g/mol. The van der Waals surface area contributed by atoms with Crippen LogP contribution in [0.1, 0.15) is 13.8 Å². The molecule has 0 saturated heterocycles. The fourth-order valence-electron chi connectivity index (χ4n) is 1.64. The molecule has 0 radical (unpaired) electrons. The maximum absolute atomic E-state index is 13.2. The molecule has 3 nitrogen and oxygen atoms in total. The summed E-state index contributed by atoms with van der Waals surface area (Å²) in [5.74, 6) is 1.19. The molecule has 20 heavy (non-hydrogen) atoms. The highest BCUT2D eigenvalue weighted by Gasteiger charge is 2.10. The van der Waals surface area contributed by atoms with Gasteiger partial charge >= 0.3 is 0 Å². The van der Waals surface area contributed by atoms with Crippen molar-refractivity contribution in [2.45, 2.75) is 20.0 Å². The zero-order chi connectivity index (χ0) is 14.7. The normalized spacial score (nSPS) is 10.7. The van der Waals surface area contributed by atoms with Crippen LogP contribution in [0.5, 0.6) is 17.2 Å². The summed E-state index contributed by atoms with van der Waals surface area (Å²) in [5.41, 5.74) is 6.43. The van der Waals surface area contributed by atoms with Gasteiger partial charge in [0.15, 0.2) is 5.75 Å². The molecule has 106 valence electrons. The average molecular weight is 340 g/mol. The Balaban J connectivity index is 2.27. The van der Waals surface area contributed by atoms with E-state index >= 15 is 0 Å². The van der Waals surface area contributed by atoms with E-state index in [1.807, 2.05) is 13.8 Å². The molecular weight excluding hydrogens is 325 g/mol. The zero-order valence-electron chi connectivity index (χ0n) is 11.2. The molecule has 0 aliphatic carbocycles. The van der Waals surface area contributed by atoms with Crippen LogP contribution < -0.4 is 15.2 Å². The van der Waals surface area contributed by atoms with Crippen LogP contribution in [0.4, 0.5) is 10.1 Å². The molecule has 0 fully saturated rings. The highest BCUT2D eigenvalue weighted by atomic mass is 79.9. The number of nitrogen functional groups attached to an aromatic ring is 1. The van der Waals surface area contributed by atoms with E-state index in [2.05, 4.69) is 15.9 Å². The van der Waals surface area contributed by atoms with Crippen molar-refractivity contribution >= 4 is 21.6 Å². The lowest BCUT2D eigenvalue weighted by molar-refractivity contribution is 0.243. The molecule has 2 aromatic rings. The first-order chi connectivity index (χ1) is 9.47. The number of rotatable bonds is 4. The third-order valence-electron chi connectivity index (χ3n) is 2.51. The minimum Gasteiger partial charge on any atom is -0.489 e. The van der Waals surface area contributed by atoms with Crippen molar-refractivity contribution < 1.29 is 13.9 Å². The summed E-state index contributed by atoms with van der Waals surface area (Å²) >= 11 is 3.11. The highest BCUT2D eigenvalue weighted by Crippen LogP contribution is 2.35. The van der Waals surface area contributed by atoms with E-state index in [9.17, 15) is 4.39 Å². The molecule has 0 unspecified atom stereocenters. The average Bonchev–Trinajstić information content (AvgIpc) is 2.38. The van der Waals surface area contributed by atoms with Gasteiger partial charge in [-0.2, -0.15) is 0 Å². The molecule has 2 N–H and O–H groups in total. The maximum Gasteiger partial charge on any atom is 0.154 e. The van der Waals surface area contributed by atoms with E-state index in [0.717, 1.165) is 0 Å². The highest BCUT2D eigenvalue weighted by molar-refractivity contribution is 9.10. The minimum atomic E-state index is -0.345. The van der Waals surface area contributed by atoms with E-state index < -0.39 is 0 Å². The number of hydrogen-bond donors (Lipinski definition) is 1. The third kappa shape index (κ3) is 3.42. The summed E-state index contributed by atoms with van der Waals surface area (Å²) in [6.45, 7) is 3.84. The van der Waals surface area contributed by atoms with Crippen LogP contribution in [-0.4, -0.2) is 6.10 Å². The summed E-state index contributed by atoms with van der Waals surface area (Å²) in [7, 11) is 0. The van der Waals surface area contributed by atoms with E-state index in [4.69, 9.17) is 15.2 Å². The van der Waals surface area contributed by atoms with Crippen LogP contribution in [0.3, 0.4) is 0 Å². The van der Waals surface area contributed by atoms with Crippen LogP contribution in [0.2, 0.25) is 0 Å². The number of para-hydroxylation sites is 1. The zero-order valence-corrected chi connectivity index (χ0v) is 12.8. The lowest BCUT2D eigenvalue weighted by Crippen LogP contribution is -2.07. The molecule has 0 aromatic heterocycles. The molecule has 0 bridgehead atoms. The van der Waals surface area contributed by atoms with E-state index in [-0.39, 0.29) is 11.9 Å². The first-order valence-electron chi connectivity index (χ1n) is 6.15. The van der Waals surface area contributed by atoms with E-state index in [1.54, 1.807) is 24.3 Å². The Morgan fingerprint density at radius 3 is 2.50 bits per heavy atom. The number of halogens is 2. The summed E-state index contributed by atoms with van der Waals surface area (Å²) in [6, 6.07) is 9.72. The lowest BCUT2D eigenvalue weighted by atomic mass is 10.2. The molecule has 0 aliphatic rings. The predicted octanol–water partition coefficient (Wildman–Crippen LogP) is 4.75. The second-order valence-corrected chi connectivity index (χ2v) is 5.37. The third-order valence-corrected chi connectivity index (χ3v) is 3.12. The van der Waals surface area contributed by atoms with Crippen molar-refractivity contribution in [3.63, 3.8) is 0 Å². The van der Waals surface area contributed by atoms with Gasteiger partial charge in [0.2, 0.25) is 0 Å². The van der Waals surface area contributed by atoms with Crippen LogP contribution in [0, 0.1) is 5.82 Å². The van der Waals surface area contributed by atoms with Gasteiger partial charge in [0.25, 0.3) is 0 Å². The SMILES string of the molecule is CC(C)Oc1cccc(Oc2ccc(F)c(Br)c2)c1N. The van der Waals surface area contributed by atoms with Crippen LogP contribution >= 0.6 is 15.9 Å². The van der Waals surface area contributed by atoms with E-state index in [0.29, 0.717) is 27.4 Å². The smallest absolute Gasteiger partial charge is 0.154 e. The number of nitrogens with two attached hydrogens (primary N) is 1. The number of benzene rings is 2. The van der Waals surface area contributed by atoms with Crippen molar-refractivity contribution in [2.24, 2.45) is 0 Å². The van der Waals surface area contributed by atoms with Gasteiger partial charge in [-0.05, 0) is 60.1 Å². The Hall–Kier alpha value is -1.75. The number of ether oxygens (including phenoxy) is 2. The molecule has 0 amide bonds. The van der Waals surface area contributed by atoms with Gasteiger partial charge in [-0.15, -0.1) is 0 Å². The first kappa shape index (κ1) is 14.7. The second-order valence-electron chi connectivity index (χ2n) is 4.51. The maximum atomic E-state index is 13.2. The summed E-state index contributed by atoms with van der Waals surface area (Å²) in [6.07, 6.45) is 0.0208. The molecule has 0 saturated carbocycles. The van der Waals surface area contributed by atoms with Crippen LogP contribution in [0.15, 0.2) is 40.9 Å². The van der Waals surface area contributed by atoms with Crippen molar-refractivity contribution in [2.75, 3.05) is 5.73 Å². The van der Waals surface area contributed by atoms with Gasteiger partial charge in [-0.3, -0.25) is 0 Å². The van der Waals surface area contributed by atoms with Crippen molar-refractivity contribution in [1.29, 1.82) is 0 Å². The minimum absolute atomic E-state index is 0.0208.